The monoisotopic (exact) mass is 318 g/mol. The summed E-state index contributed by atoms with van der Waals surface area (Å²) in [7, 11) is -3.01. The molecule has 1 saturated heterocycles. The Hall–Kier alpha value is -1.90. The summed E-state index contributed by atoms with van der Waals surface area (Å²) in [6.07, 6.45) is 0.480. The number of carbonyl (C=O) groups excluding carboxylic acids is 2. The molecule has 1 aliphatic rings. The van der Waals surface area contributed by atoms with Gasteiger partial charge < -0.3 is 10.4 Å². The SMILES string of the molecule is CC(C(=O)O)=C(C)C(=O)NC(=O)NCC1CCS(=O)(=O)C1. The number of sulfone groups is 1. The molecule has 8 nitrogen and oxygen atoms in total. The van der Waals surface area contributed by atoms with Gasteiger partial charge in [-0.05, 0) is 26.2 Å². The first-order valence-corrected chi connectivity index (χ1v) is 8.15. The van der Waals surface area contributed by atoms with Crippen LogP contribution in [-0.4, -0.2) is 49.5 Å². The van der Waals surface area contributed by atoms with Gasteiger partial charge in [0.05, 0.1) is 11.5 Å². The maximum Gasteiger partial charge on any atom is 0.331 e. The number of nitrogens with one attached hydrogen (secondary N) is 2. The van der Waals surface area contributed by atoms with Crippen LogP contribution in [0.15, 0.2) is 11.1 Å². The molecule has 0 aromatic rings. The molecule has 0 aromatic heterocycles. The molecule has 21 heavy (non-hydrogen) atoms. The van der Waals surface area contributed by atoms with Crippen molar-refractivity contribution in [1.82, 2.24) is 10.6 Å². The van der Waals surface area contributed by atoms with E-state index >= 15 is 0 Å². The Morgan fingerprint density at radius 2 is 1.81 bits per heavy atom. The van der Waals surface area contributed by atoms with Gasteiger partial charge in [-0.1, -0.05) is 0 Å². The average molecular weight is 318 g/mol. The van der Waals surface area contributed by atoms with Crippen LogP contribution < -0.4 is 10.6 Å². The molecule has 3 N–H and O–H groups in total. The minimum absolute atomic E-state index is 0.0261. The summed E-state index contributed by atoms with van der Waals surface area (Å²) >= 11 is 0. The minimum atomic E-state index is -3.01. The fraction of sp³-hybridized carbons (Fsp3) is 0.583. The van der Waals surface area contributed by atoms with Crippen molar-refractivity contribution in [2.24, 2.45) is 5.92 Å². The molecule has 118 valence electrons. The van der Waals surface area contributed by atoms with E-state index in [1.165, 1.54) is 13.8 Å². The van der Waals surface area contributed by atoms with Gasteiger partial charge in [-0.3, -0.25) is 10.1 Å². The number of carboxylic acids is 1. The van der Waals surface area contributed by atoms with Crippen molar-refractivity contribution < 1.29 is 27.9 Å². The van der Waals surface area contributed by atoms with Gasteiger partial charge in [-0.2, -0.15) is 0 Å². The summed E-state index contributed by atoms with van der Waals surface area (Å²) in [5.41, 5.74) is -0.219. The molecule has 0 aromatic carbocycles. The zero-order valence-electron chi connectivity index (χ0n) is 11.8. The summed E-state index contributed by atoms with van der Waals surface area (Å²) in [5, 5.41) is 13.1. The zero-order chi connectivity index (χ0) is 16.2. The predicted molar refractivity (Wildman–Crippen MR) is 74.3 cm³/mol. The quantitative estimate of drug-likeness (QED) is 0.608. The van der Waals surface area contributed by atoms with E-state index in [2.05, 4.69) is 5.32 Å². The van der Waals surface area contributed by atoms with Crippen LogP contribution in [0.2, 0.25) is 0 Å². The maximum atomic E-state index is 11.6. The Balaban J connectivity index is 2.46. The molecular weight excluding hydrogens is 300 g/mol. The van der Waals surface area contributed by atoms with Gasteiger partial charge in [0, 0.05) is 17.7 Å². The fourth-order valence-corrected chi connectivity index (χ4v) is 3.70. The number of rotatable bonds is 4. The van der Waals surface area contributed by atoms with Crippen LogP contribution in [-0.2, 0) is 19.4 Å². The van der Waals surface area contributed by atoms with E-state index < -0.39 is 27.7 Å². The first kappa shape index (κ1) is 17.2. The van der Waals surface area contributed by atoms with Crippen LogP contribution in [0.5, 0.6) is 0 Å². The standard InChI is InChI=1S/C12H18N2O6S/c1-7(8(2)11(16)17)10(15)14-12(18)13-5-9-3-4-21(19,20)6-9/h9H,3-6H2,1-2H3,(H,16,17)(H2,13,14,15,18). The number of hydrogen-bond donors (Lipinski definition) is 3. The molecule has 1 rings (SSSR count). The number of carboxylic acid groups (broad SMARTS) is 1. The van der Waals surface area contributed by atoms with Gasteiger partial charge in [-0.25, -0.2) is 18.0 Å². The highest BCUT2D eigenvalue weighted by molar-refractivity contribution is 7.91. The third-order valence-corrected chi connectivity index (χ3v) is 5.17. The van der Waals surface area contributed by atoms with Crippen molar-refractivity contribution in [1.29, 1.82) is 0 Å². The van der Waals surface area contributed by atoms with E-state index in [4.69, 9.17) is 5.11 Å². The summed E-state index contributed by atoms with van der Waals surface area (Å²) in [6, 6.07) is -0.776. The lowest BCUT2D eigenvalue weighted by Crippen LogP contribution is -2.42. The second kappa shape index (κ2) is 6.70. The lowest BCUT2D eigenvalue weighted by atomic mass is 10.1. The topological polar surface area (TPSA) is 130 Å². The Morgan fingerprint density at radius 1 is 1.19 bits per heavy atom. The van der Waals surface area contributed by atoms with Crippen molar-refractivity contribution in [2.75, 3.05) is 18.1 Å². The lowest BCUT2D eigenvalue weighted by Gasteiger charge is -2.10. The van der Waals surface area contributed by atoms with Crippen molar-refractivity contribution in [3.8, 4) is 0 Å². The molecule has 1 aliphatic heterocycles. The summed E-state index contributed by atoms with van der Waals surface area (Å²) in [6.45, 7) is 2.72. The third kappa shape index (κ3) is 5.18. The molecule has 9 heteroatoms. The van der Waals surface area contributed by atoms with E-state index in [9.17, 15) is 22.8 Å². The van der Waals surface area contributed by atoms with Crippen LogP contribution >= 0.6 is 0 Å². The van der Waals surface area contributed by atoms with Crippen LogP contribution in [0.1, 0.15) is 20.3 Å². The highest BCUT2D eigenvalue weighted by atomic mass is 32.2. The average Bonchev–Trinajstić information content (AvgIpc) is 2.74. The predicted octanol–water partition coefficient (Wildman–Crippen LogP) is -0.332. The molecule has 0 radical (unpaired) electrons. The van der Waals surface area contributed by atoms with Gasteiger partial charge in [0.15, 0.2) is 9.84 Å². The van der Waals surface area contributed by atoms with Gasteiger partial charge in [0.25, 0.3) is 5.91 Å². The number of aliphatic carboxylic acids is 1. The highest BCUT2D eigenvalue weighted by Crippen LogP contribution is 2.17. The Labute approximate surface area is 122 Å². The summed E-state index contributed by atoms with van der Waals surface area (Å²) in [5.74, 6) is -2.06. The Bertz CT molecular complexity index is 593. The Kier molecular flexibility index (Phi) is 5.47. The molecule has 0 spiro atoms. The minimum Gasteiger partial charge on any atom is -0.478 e. The molecule has 1 fully saturated rings. The molecule has 1 heterocycles. The van der Waals surface area contributed by atoms with Crippen molar-refractivity contribution >= 4 is 27.7 Å². The van der Waals surface area contributed by atoms with E-state index in [1.54, 1.807) is 0 Å². The van der Waals surface area contributed by atoms with Gasteiger partial charge in [-0.15, -0.1) is 0 Å². The van der Waals surface area contributed by atoms with Gasteiger partial charge >= 0.3 is 12.0 Å². The maximum absolute atomic E-state index is 11.6. The lowest BCUT2D eigenvalue weighted by molar-refractivity contribution is -0.133. The van der Waals surface area contributed by atoms with Crippen LogP contribution in [0.4, 0.5) is 4.79 Å². The fourth-order valence-electron chi connectivity index (χ4n) is 1.84. The van der Waals surface area contributed by atoms with Crippen molar-refractivity contribution in [3.05, 3.63) is 11.1 Å². The van der Waals surface area contributed by atoms with Crippen molar-refractivity contribution in [2.45, 2.75) is 20.3 Å². The van der Waals surface area contributed by atoms with E-state index in [-0.39, 0.29) is 35.1 Å². The molecule has 1 unspecified atom stereocenters. The van der Waals surface area contributed by atoms with E-state index in [1.807, 2.05) is 5.32 Å². The molecule has 1 atom stereocenters. The third-order valence-electron chi connectivity index (χ3n) is 3.33. The first-order chi connectivity index (χ1) is 9.62. The molecule has 3 amide bonds. The second-order valence-corrected chi connectivity index (χ2v) is 7.22. The number of urea groups is 1. The summed E-state index contributed by atoms with van der Waals surface area (Å²) < 4.78 is 22.5. The molecule has 0 bridgehead atoms. The van der Waals surface area contributed by atoms with Gasteiger partial charge in [0.2, 0.25) is 0 Å². The van der Waals surface area contributed by atoms with Crippen LogP contribution in [0.3, 0.4) is 0 Å². The van der Waals surface area contributed by atoms with Gasteiger partial charge in [0.1, 0.15) is 0 Å². The largest absolute Gasteiger partial charge is 0.478 e. The van der Waals surface area contributed by atoms with Crippen LogP contribution in [0.25, 0.3) is 0 Å². The molecular formula is C12H18N2O6S. The number of hydrogen-bond acceptors (Lipinski definition) is 5. The zero-order valence-corrected chi connectivity index (χ0v) is 12.6. The first-order valence-electron chi connectivity index (χ1n) is 6.32. The highest BCUT2D eigenvalue weighted by Gasteiger charge is 2.28. The van der Waals surface area contributed by atoms with Crippen LogP contribution in [0, 0.1) is 5.92 Å². The normalized spacial score (nSPS) is 21.3. The smallest absolute Gasteiger partial charge is 0.331 e. The number of imide groups is 1. The van der Waals surface area contributed by atoms with E-state index in [0.29, 0.717) is 6.42 Å². The van der Waals surface area contributed by atoms with Crippen molar-refractivity contribution in [3.63, 3.8) is 0 Å². The number of amides is 3. The molecule has 0 saturated carbocycles. The Morgan fingerprint density at radius 3 is 2.29 bits per heavy atom. The second-order valence-electron chi connectivity index (χ2n) is 4.99. The van der Waals surface area contributed by atoms with E-state index in [0.717, 1.165) is 0 Å². The number of carbonyl (C=O) groups is 3. The molecule has 0 aliphatic carbocycles. The summed E-state index contributed by atoms with van der Waals surface area (Å²) in [4.78, 5) is 33.8.